The number of aromatic nitrogens is 3. The number of aryl methyl sites for hydroxylation is 2. The van der Waals surface area contributed by atoms with Gasteiger partial charge in [-0.25, -0.2) is 4.79 Å². The number of carboxylic acid groups (broad SMARTS) is 1. The minimum Gasteiger partial charge on any atom is -0.477 e. The van der Waals surface area contributed by atoms with Gasteiger partial charge in [0.2, 0.25) is 0 Å². The van der Waals surface area contributed by atoms with E-state index in [0.717, 1.165) is 22.2 Å². The highest BCUT2D eigenvalue weighted by molar-refractivity contribution is 6.36. The van der Waals surface area contributed by atoms with Gasteiger partial charge in [0.1, 0.15) is 5.69 Å². The summed E-state index contributed by atoms with van der Waals surface area (Å²) >= 11 is 6.34. The van der Waals surface area contributed by atoms with E-state index in [4.69, 9.17) is 11.6 Å². The zero-order valence-corrected chi connectivity index (χ0v) is 12.6. The van der Waals surface area contributed by atoms with Crippen molar-refractivity contribution in [3.8, 4) is 11.3 Å². The first kappa shape index (κ1) is 13.7. The molecule has 0 radical (unpaired) electrons. The summed E-state index contributed by atoms with van der Waals surface area (Å²) in [6, 6.07) is 7.29. The summed E-state index contributed by atoms with van der Waals surface area (Å²) in [6.45, 7) is 1.97. The molecular formula is C15H14ClN3O2. The quantitative estimate of drug-likeness (QED) is 0.790. The molecule has 0 unspecified atom stereocenters. The second-order valence-electron chi connectivity index (χ2n) is 5.00. The van der Waals surface area contributed by atoms with Crippen LogP contribution in [0.4, 0.5) is 0 Å². The van der Waals surface area contributed by atoms with Crippen LogP contribution >= 0.6 is 11.6 Å². The summed E-state index contributed by atoms with van der Waals surface area (Å²) in [6.07, 6.45) is 0. The van der Waals surface area contributed by atoms with Crippen molar-refractivity contribution in [2.24, 2.45) is 14.1 Å². The van der Waals surface area contributed by atoms with Gasteiger partial charge < -0.3 is 9.67 Å². The van der Waals surface area contributed by atoms with Crippen molar-refractivity contribution in [1.29, 1.82) is 0 Å². The van der Waals surface area contributed by atoms with Gasteiger partial charge in [-0.15, -0.1) is 0 Å². The molecule has 0 aliphatic rings. The minimum absolute atomic E-state index is 0.147. The van der Waals surface area contributed by atoms with Gasteiger partial charge in [0.15, 0.2) is 0 Å². The van der Waals surface area contributed by atoms with E-state index in [1.165, 1.54) is 4.68 Å². The van der Waals surface area contributed by atoms with E-state index in [2.05, 4.69) is 5.10 Å². The van der Waals surface area contributed by atoms with Crippen LogP contribution in [-0.4, -0.2) is 25.4 Å². The molecule has 5 nitrogen and oxygen atoms in total. The number of fused-ring (bicyclic) bond motifs is 1. The maximum Gasteiger partial charge on any atom is 0.354 e. The first-order chi connectivity index (χ1) is 9.91. The molecule has 0 amide bonds. The molecule has 0 bridgehead atoms. The Morgan fingerprint density at radius 3 is 2.67 bits per heavy atom. The number of benzene rings is 1. The van der Waals surface area contributed by atoms with Gasteiger partial charge in [0.05, 0.1) is 16.2 Å². The largest absolute Gasteiger partial charge is 0.477 e. The molecule has 21 heavy (non-hydrogen) atoms. The highest BCUT2D eigenvalue weighted by Gasteiger charge is 2.20. The SMILES string of the molecule is Cc1c(-c2cc(C(=O)O)n(C)n2)c2c(Cl)cccc2n1C. The second-order valence-corrected chi connectivity index (χ2v) is 5.40. The molecule has 6 heteroatoms. The third-order valence-corrected chi connectivity index (χ3v) is 4.14. The summed E-state index contributed by atoms with van der Waals surface area (Å²) in [5.74, 6) is -1.000. The third-order valence-electron chi connectivity index (χ3n) is 3.82. The molecule has 0 fully saturated rings. The van der Waals surface area contributed by atoms with Gasteiger partial charge in [0, 0.05) is 30.7 Å². The monoisotopic (exact) mass is 303 g/mol. The lowest BCUT2D eigenvalue weighted by Crippen LogP contribution is -2.04. The maximum atomic E-state index is 11.2. The highest BCUT2D eigenvalue weighted by atomic mass is 35.5. The minimum atomic E-state index is -1.000. The molecule has 2 heterocycles. The van der Waals surface area contributed by atoms with E-state index in [1.54, 1.807) is 13.1 Å². The second kappa shape index (κ2) is 4.63. The Kier molecular flexibility index (Phi) is 3.02. The molecule has 3 aromatic rings. The van der Waals surface area contributed by atoms with Crippen LogP contribution in [-0.2, 0) is 14.1 Å². The van der Waals surface area contributed by atoms with E-state index in [-0.39, 0.29) is 5.69 Å². The lowest BCUT2D eigenvalue weighted by molar-refractivity contribution is 0.0685. The normalized spacial score (nSPS) is 11.2. The summed E-state index contributed by atoms with van der Waals surface area (Å²) < 4.78 is 3.40. The molecular weight excluding hydrogens is 290 g/mol. The van der Waals surface area contributed by atoms with Gasteiger partial charge in [0.25, 0.3) is 0 Å². The Bertz CT molecular complexity index is 877. The fourth-order valence-electron chi connectivity index (χ4n) is 2.67. The van der Waals surface area contributed by atoms with Gasteiger partial charge >= 0.3 is 5.97 Å². The molecule has 0 spiro atoms. The molecule has 0 aliphatic carbocycles. The number of aromatic carboxylic acids is 1. The zero-order chi connectivity index (χ0) is 15.3. The lowest BCUT2D eigenvalue weighted by Gasteiger charge is -1.99. The number of rotatable bonds is 2. The predicted octanol–water partition coefficient (Wildman–Crippen LogP) is 3.24. The molecule has 0 saturated heterocycles. The fourth-order valence-corrected chi connectivity index (χ4v) is 2.94. The molecule has 3 rings (SSSR count). The standard InChI is InChI=1S/C15H14ClN3O2/c1-8-13(10-7-12(15(20)21)19(3)17-10)14-9(16)5-4-6-11(14)18(8)2/h4-7H,1-3H3,(H,20,21). The van der Waals surface area contributed by atoms with Crippen molar-refractivity contribution >= 4 is 28.5 Å². The van der Waals surface area contributed by atoms with E-state index in [9.17, 15) is 9.90 Å². The van der Waals surface area contributed by atoms with Crippen LogP contribution in [0.1, 0.15) is 16.2 Å². The number of carboxylic acids is 1. The Hall–Kier alpha value is -2.27. The van der Waals surface area contributed by atoms with E-state index < -0.39 is 5.97 Å². The Balaban J connectivity index is 2.38. The van der Waals surface area contributed by atoms with Crippen LogP contribution in [0.5, 0.6) is 0 Å². The lowest BCUT2D eigenvalue weighted by atomic mass is 10.1. The van der Waals surface area contributed by atoms with Crippen LogP contribution < -0.4 is 0 Å². The predicted molar refractivity (Wildman–Crippen MR) is 81.8 cm³/mol. The van der Waals surface area contributed by atoms with Crippen molar-refractivity contribution in [2.75, 3.05) is 0 Å². The Morgan fingerprint density at radius 1 is 1.33 bits per heavy atom. The van der Waals surface area contributed by atoms with Gasteiger partial charge in [-0.05, 0) is 25.1 Å². The number of nitrogens with zero attached hydrogens (tertiary/aromatic N) is 3. The van der Waals surface area contributed by atoms with Crippen molar-refractivity contribution in [2.45, 2.75) is 6.92 Å². The van der Waals surface area contributed by atoms with Crippen LogP contribution in [0, 0.1) is 6.92 Å². The Morgan fingerprint density at radius 2 is 2.05 bits per heavy atom. The average Bonchev–Trinajstić information content (AvgIpc) is 2.92. The first-order valence-corrected chi connectivity index (χ1v) is 6.80. The maximum absolute atomic E-state index is 11.2. The van der Waals surface area contributed by atoms with Gasteiger partial charge in [-0.3, -0.25) is 4.68 Å². The number of carbonyl (C=O) groups is 1. The molecule has 2 aromatic heterocycles. The van der Waals surface area contributed by atoms with Crippen LogP contribution in [0.15, 0.2) is 24.3 Å². The van der Waals surface area contributed by atoms with E-state index >= 15 is 0 Å². The molecule has 1 aromatic carbocycles. The average molecular weight is 304 g/mol. The van der Waals surface area contributed by atoms with E-state index in [0.29, 0.717) is 10.7 Å². The third kappa shape index (κ3) is 1.93. The summed E-state index contributed by atoms with van der Waals surface area (Å²) in [5, 5.41) is 15.0. The Labute approximate surface area is 126 Å². The number of halogens is 1. The van der Waals surface area contributed by atoms with Crippen molar-refractivity contribution in [3.05, 3.63) is 40.7 Å². The molecule has 0 saturated carbocycles. The van der Waals surface area contributed by atoms with Gasteiger partial charge in [-0.1, -0.05) is 17.7 Å². The highest BCUT2D eigenvalue weighted by Crippen LogP contribution is 2.37. The van der Waals surface area contributed by atoms with Crippen LogP contribution in [0.2, 0.25) is 5.02 Å². The van der Waals surface area contributed by atoms with Gasteiger partial charge in [-0.2, -0.15) is 5.10 Å². The summed E-state index contributed by atoms with van der Waals surface area (Å²) in [7, 11) is 3.58. The fraction of sp³-hybridized carbons (Fsp3) is 0.200. The molecule has 0 aliphatic heterocycles. The first-order valence-electron chi connectivity index (χ1n) is 6.43. The van der Waals surface area contributed by atoms with Crippen LogP contribution in [0.3, 0.4) is 0 Å². The van der Waals surface area contributed by atoms with Crippen molar-refractivity contribution in [3.63, 3.8) is 0 Å². The molecule has 0 atom stereocenters. The number of hydrogen-bond acceptors (Lipinski definition) is 2. The smallest absolute Gasteiger partial charge is 0.354 e. The molecule has 108 valence electrons. The van der Waals surface area contributed by atoms with Crippen molar-refractivity contribution < 1.29 is 9.90 Å². The topological polar surface area (TPSA) is 60.0 Å². The summed E-state index contributed by atoms with van der Waals surface area (Å²) in [4.78, 5) is 11.2. The van der Waals surface area contributed by atoms with E-state index in [1.807, 2.05) is 36.7 Å². The molecule has 1 N–H and O–H groups in total. The summed E-state index contributed by atoms with van der Waals surface area (Å²) in [5.41, 5.74) is 3.63. The number of hydrogen-bond donors (Lipinski definition) is 1. The zero-order valence-electron chi connectivity index (χ0n) is 11.9. The van der Waals surface area contributed by atoms with Crippen molar-refractivity contribution in [1.82, 2.24) is 14.3 Å². The van der Waals surface area contributed by atoms with Crippen LogP contribution in [0.25, 0.3) is 22.2 Å².